The lowest BCUT2D eigenvalue weighted by Crippen LogP contribution is -2.58. The van der Waals surface area contributed by atoms with Crippen molar-refractivity contribution in [1.82, 2.24) is 25.1 Å². The van der Waals surface area contributed by atoms with Gasteiger partial charge in [0.1, 0.15) is 0 Å². The number of aliphatic hydroxyl groups excluding tert-OH is 1. The summed E-state index contributed by atoms with van der Waals surface area (Å²) in [4.78, 5) is 39.3. The van der Waals surface area contributed by atoms with E-state index >= 15 is 0 Å². The van der Waals surface area contributed by atoms with E-state index in [1.54, 1.807) is 0 Å². The van der Waals surface area contributed by atoms with Gasteiger partial charge in [-0.15, -0.1) is 6.42 Å². The van der Waals surface area contributed by atoms with Crippen LogP contribution in [-0.4, -0.2) is 94.6 Å². The Morgan fingerprint density at radius 3 is 2.52 bits per heavy atom. The second-order valence-corrected chi connectivity index (χ2v) is 11.2. The fourth-order valence-electron chi connectivity index (χ4n) is 6.00. The van der Waals surface area contributed by atoms with Crippen molar-refractivity contribution in [2.24, 2.45) is 5.73 Å². The number of hydrogen-bond acceptors (Lipinski definition) is 9. The van der Waals surface area contributed by atoms with Gasteiger partial charge in [-0.3, -0.25) is 19.4 Å². The first-order valence-corrected chi connectivity index (χ1v) is 14.9. The number of nitrogens with two attached hydrogens (primary N) is 2. The van der Waals surface area contributed by atoms with Crippen LogP contribution < -0.4 is 21.7 Å². The van der Waals surface area contributed by atoms with E-state index in [0.29, 0.717) is 30.9 Å². The number of piperazine rings is 1. The molecule has 4 rings (SSSR count). The van der Waals surface area contributed by atoms with Crippen molar-refractivity contribution in [1.29, 1.82) is 0 Å². The normalized spacial score (nSPS) is 19.3. The minimum absolute atomic E-state index is 0.0111. The van der Waals surface area contributed by atoms with Crippen LogP contribution in [-0.2, 0) is 4.79 Å². The van der Waals surface area contributed by atoms with E-state index in [2.05, 4.69) is 42.8 Å². The van der Waals surface area contributed by atoms with E-state index in [1.165, 1.54) is 0 Å². The Balaban J connectivity index is 1.35. The zero-order valence-electron chi connectivity index (χ0n) is 24.1. The molecule has 2 saturated heterocycles. The van der Waals surface area contributed by atoms with Crippen LogP contribution in [0.5, 0.6) is 0 Å². The molecule has 3 heterocycles. The molecular formula is C30H41ClN8O3. The van der Waals surface area contributed by atoms with Crippen molar-refractivity contribution in [2.45, 2.75) is 57.2 Å². The zero-order chi connectivity index (χ0) is 30.2. The van der Waals surface area contributed by atoms with Crippen molar-refractivity contribution in [3.63, 3.8) is 0 Å². The van der Waals surface area contributed by atoms with E-state index in [4.69, 9.17) is 29.5 Å². The summed E-state index contributed by atoms with van der Waals surface area (Å²) in [6.45, 7) is 6.62. The van der Waals surface area contributed by atoms with Gasteiger partial charge in [-0.25, -0.2) is 9.97 Å². The van der Waals surface area contributed by atoms with Gasteiger partial charge in [-0.05, 0) is 43.4 Å². The summed E-state index contributed by atoms with van der Waals surface area (Å²) >= 11 is 6.52. The van der Waals surface area contributed by atoms with Crippen LogP contribution in [0.2, 0.25) is 5.15 Å². The Labute approximate surface area is 252 Å². The fraction of sp³-hybridized carbons (Fsp3) is 0.533. The van der Waals surface area contributed by atoms with Gasteiger partial charge in [0.05, 0.1) is 12.6 Å². The van der Waals surface area contributed by atoms with E-state index < -0.39 is 11.8 Å². The van der Waals surface area contributed by atoms with E-state index in [-0.39, 0.29) is 42.3 Å². The van der Waals surface area contributed by atoms with Gasteiger partial charge in [0, 0.05) is 63.3 Å². The van der Waals surface area contributed by atoms with Gasteiger partial charge in [-0.1, -0.05) is 36.6 Å². The third kappa shape index (κ3) is 7.50. The van der Waals surface area contributed by atoms with Crippen LogP contribution >= 0.6 is 11.6 Å². The monoisotopic (exact) mass is 596 g/mol. The molecule has 2 aliphatic rings. The molecule has 1 unspecified atom stereocenters. The maximum absolute atomic E-state index is 12.5. The molecule has 6 N–H and O–H groups in total. The smallest absolute Gasteiger partial charge is 0.273 e. The zero-order valence-corrected chi connectivity index (χ0v) is 24.9. The number of nitrogens with one attached hydrogen (secondary N) is 1. The molecule has 11 nitrogen and oxygen atoms in total. The number of nitrogens with zero attached hydrogens (tertiary/aromatic N) is 5. The summed E-state index contributed by atoms with van der Waals surface area (Å²) in [5, 5.41) is 13.0. The molecule has 12 heteroatoms. The first-order chi connectivity index (χ1) is 20.2. The molecule has 0 spiro atoms. The molecular weight excluding hydrogens is 556 g/mol. The summed E-state index contributed by atoms with van der Waals surface area (Å²) < 4.78 is 0. The number of hydrogen-bond donors (Lipinski definition) is 4. The first-order valence-electron chi connectivity index (χ1n) is 14.6. The highest BCUT2D eigenvalue weighted by atomic mass is 35.5. The van der Waals surface area contributed by atoms with Crippen LogP contribution in [0, 0.1) is 12.3 Å². The molecule has 0 saturated carbocycles. The molecule has 42 heavy (non-hydrogen) atoms. The quantitative estimate of drug-likeness (QED) is 0.224. The highest BCUT2D eigenvalue weighted by molar-refractivity contribution is 6.32. The number of primary amides is 1. The number of aromatic nitrogens is 2. The molecule has 1 aromatic carbocycles. The highest BCUT2D eigenvalue weighted by Gasteiger charge is 2.35. The molecule has 1 aromatic heterocycles. The number of terminal acetylenes is 1. The number of benzene rings is 1. The maximum Gasteiger partial charge on any atom is 0.273 e. The molecule has 226 valence electrons. The maximum atomic E-state index is 12.5. The second kappa shape index (κ2) is 14.6. The number of nitrogen functional groups attached to an aromatic ring is 1. The van der Waals surface area contributed by atoms with Crippen LogP contribution in [0.3, 0.4) is 0 Å². The van der Waals surface area contributed by atoms with Gasteiger partial charge < -0.3 is 26.8 Å². The van der Waals surface area contributed by atoms with Crippen molar-refractivity contribution in [3.05, 3.63) is 46.2 Å². The van der Waals surface area contributed by atoms with Crippen molar-refractivity contribution < 1.29 is 14.7 Å². The molecule has 2 atom stereocenters. The summed E-state index contributed by atoms with van der Waals surface area (Å²) in [5.41, 5.74) is 13.2. The predicted molar refractivity (Wildman–Crippen MR) is 164 cm³/mol. The largest absolute Gasteiger partial charge is 0.394 e. The SMILES string of the molecule is C#Cc1ccc(C(CO)N2CCC(N3CCN(c4nc(N)c(C(=O)NCCCC(N)=O)nc4Cl)C[C@@H]3CC)CC2)cc1. The molecule has 0 bridgehead atoms. The Hall–Kier alpha value is -3.43. The van der Waals surface area contributed by atoms with Crippen molar-refractivity contribution in [2.75, 3.05) is 56.5 Å². The van der Waals surface area contributed by atoms with E-state index in [9.17, 15) is 14.7 Å². The average Bonchev–Trinajstić information content (AvgIpc) is 3.00. The average molecular weight is 597 g/mol. The summed E-state index contributed by atoms with van der Waals surface area (Å²) in [7, 11) is 0. The number of amides is 2. The first kappa shape index (κ1) is 31.5. The second-order valence-electron chi connectivity index (χ2n) is 10.9. The molecule has 2 amide bonds. The van der Waals surface area contributed by atoms with Crippen LogP contribution in [0.4, 0.5) is 11.6 Å². The molecule has 2 aromatic rings. The number of carbonyl (C=O) groups is 2. The van der Waals surface area contributed by atoms with Gasteiger partial charge in [0.25, 0.3) is 5.91 Å². The van der Waals surface area contributed by atoms with Crippen LogP contribution in [0.25, 0.3) is 0 Å². The van der Waals surface area contributed by atoms with Crippen molar-refractivity contribution >= 4 is 35.1 Å². The van der Waals surface area contributed by atoms with Gasteiger partial charge in [0.15, 0.2) is 22.5 Å². The Morgan fingerprint density at radius 1 is 1.19 bits per heavy atom. The minimum atomic E-state index is -0.492. The van der Waals surface area contributed by atoms with Crippen molar-refractivity contribution in [3.8, 4) is 12.3 Å². The Bertz CT molecular complexity index is 1280. The summed E-state index contributed by atoms with van der Waals surface area (Å²) in [6, 6.07) is 8.59. The lowest BCUT2D eigenvalue weighted by molar-refractivity contribution is -0.118. The third-order valence-electron chi connectivity index (χ3n) is 8.31. The topological polar surface area (TPSA) is 154 Å². The lowest BCUT2D eigenvalue weighted by Gasteiger charge is -2.48. The van der Waals surface area contributed by atoms with E-state index in [1.807, 2.05) is 24.3 Å². The number of halogens is 1. The highest BCUT2D eigenvalue weighted by Crippen LogP contribution is 2.31. The Morgan fingerprint density at radius 2 is 1.90 bits per heavy atom. The number of piperidine rings is 1. The number of likely N-dealkylation sites (tertiary alicyclic amines) is 1. The minimum Gasteiger partial charge on any atom is -0.394 e. The van der Waals surface area contributed by atoms with Gasteiger partial charge in [0.2, 0.25) is 5.91 Å². The standard InChI is InChI=1S/C30H41ClN8O3/c1-3-20-7-9-21(10-8-20)24(19-40)37-14-11-23(12-15-37)39-17-16-38(18-22(39)4-2)29-27(31)35-26(28(33)36-29)30(42)34-13-5-6-25(32)41/h1,7-10,22-24,40H,4-6,11-19H2,2H3,(H2,32,41)(H2,33,36)(H,34,42)/t22-,24?/m0/s1. The fourth-order valence-corrected chi connectivity index (χ4v) is 6.25. The van der Waals surface area contributed by atoms with Gasteiger partial charge >= 0.3 is 0 Å². The lowest BCUT2D eigenvalue weighted by atomic mass is 9.95. The predicted octanol–water partition coefficient (Wildman–Crippen LogP) is 1.79. The number of rotatable bonds is 11. The Kier molecular flexibility index (Phi) is 11.0. The number of aliphatic hydroxyl groups is 1. The summed E-state index contributed by atoms with van der Waals surface area (Å²) in [5.74, 6) is 2.22. The van der Waals surface area contributed by atoms with Crippen LogP contribution in [0.1, 0.15) is 66.7 Å². The molecule has 2 fully saturated rings. The van der Waals surface area contributed by atoms with Gasteiger partial charge in [-0.2, -0.15) is 0 Å². The third-order valence-corrected chi connectivity index (χ3v) is 8.56. The molecule has 0 radical (unpaired) electrons. The summed E-state index contributed by atoms with van der Waals surface area (Å²) in [6.07, 6.45) is 9.10. The van der Waals surface area contributed by atoms with E-state index in [0.717, 1.165) is 56.6 Å². The van der Waals surface area contributed by atoms with Crippen LogP contribution in [0.15, 0.2) is 24.3 Å². The number of carbonyl (C=O) groups excluding carboxylic acids is 2. The molecule has 0 aliphatic carbocycles. The molecule has 2 aliphatic heterocycles. The number of anilines is 2.